The van der Waals surface area contributed by atoms with Crippen LogP contribution in [-0.2, 0) is 22.4 Å². The van der Waals surface area contributed by atoms with Crippen LogP contribution in [0.1, 0.15) is 47.0 Å². The average Bonchev–Trinajstić information content (AvgIpc) is 3.14. The van der Waals surface area contributed by atoms with E-state index in [9.17, 15) is 62.3 Å². The molecule has 1 N–H and O–H groups in total. The smallest absolute Gasteiger partial charge is 0.393 e. The number of hydrogen-bond acceptors (Lipinski definition) is 4. The van der Waals surface area contributed by atoms with Crippen LogP contribution in [0.3, 0.4) is 0 Å². The lowest BCUT2D eigenvalue weighted by molar-refractivity contribution is -0.406. The summed E-state index contributed by atoms with van der Waals surface area (Å²) in [5.41, 5.74) is -0.344. The number of halogens is 12. The zero-order chi connectivity index (χ0) is 27.9. The summed E-state index contributed by atoms with van der Waals surface area (Å²) >= 11 is 0.434. The monoisotopic (exact) mass is 567 g/mol. The van der Waals surface area contributed by atoms with E-state index in [1.807, 2.05) is 0 Å². The Labute approximate surface area is 199 Å². The normalized spacial score (nSPS) is 15.6. The molecule has 0 aromatic carbocycles. The largest absolute Gasteiger partial charge is 0.462 e. The highest BCUT2D eigenvalue weighted by Crippen LogP contribution is 2.58. The number of aryl methyl sites for hydroxylation is 1. The highest BCUT2D eigenvalue weighted by molar-refractivity contribution is 7.17. The molecule has 0 bridgehead atoms. The number of carbonyl (C=O) groups is 2. The van der Waals surface area contributed by atoms with Crippen molar-refractivity contribution in [2.24, 2.45) is 0 Å². The van der Waals surface area contributed by atoms with Gasteiger partial charge in [0.15, 0.2) is 0 Å². The fourth-order valence-electron chi connectivity index (χ4n) is 3.20. The van der Waals surface area contributed by atoms with Crippen molar-refractivity contribution in [1.82, 2.24) is 0 Å². The Morgan fingerprint density at radius 2 is 1.47 bits per heavy atom. The van der Waals surface area contributed by atoms with Crippen molar-refractivity contribution in [2.45, 2.75) is 75.1 Å². The van der Waals surface area contributed by atoms with Gasteiger partial charge in [-0.05, 0) is 37.7 Å². The summed E-state index contributed by atoms with van der Waals surface area (Å²) in [6.07, 6.45) is -3.92. The highest BCUT2D eigenvalue weighted by Gasteiger charge is 2.89. The number of fused-ring (bicyclic) bond motifs is 1. The van der Waals surface area contributed by atoms with Gasteiger partial charge < -0.3 is 10.1 Å². The fourth-order valence-corrected chi connectivity index (χ4v) is 4.47. The van der Waals surface area contributed by atoms with E-state index in [2.05, 4.69) is 0 Å². The molecule has 0 unspecified atom stereocenters. The maximum absolute atomic E-state index is 14.2. The quantitative estimate of drug-likeness (QED) is 0.257. The summed E-state index contributed by atoms with van der Waals surface area (Å²) in [6.45, 7) is 1.39. The Hall–Kier alpha value is -2.20. The Balaban J connectivity index is 2.48. The summed E-state index contributed by atoms with van der Waals surface area (Å²) in [5.74, 6) is -41.7. The number of anilines is 1. The van der Waals surface area contributed by atoms with Crippen LogP contribution < -0.4 is 5.32 Å². The maximum Gasteiger partial charge on any atom is 0.393 e. The minimum Gasteiger partial charge on any atom is -0.462 e. The third-order valence-electron chi connectivity index (χ3n) is 5.20. The van der Waals surface area contributed by atoms with Crippen LogP contribution >= 0.6 is 11.3 Å². The van der Waals surface area contributed by atoms with Crippen molar-refractivity contribution in [1.29, 1.82) is 0 Å². The average molecular weight is 567 g/mol. The van der Waals surface area contributed by atoms with Crippen LogP contribution in [0.25, 0.3) is 0 Å². The van der Waals surface area contributed by atoms with Gasteiger partial charge in [-0.2, -0.15) is 43.9 Å². The van der Waals surface area contributed by atoms with Gasteiger partial charge in [-0.15, -0.1) is 11.3 Å². The second-order valence-corrected chi connectivity index (χ2v) is 8.83. The predicted molar refractivity (Wildman–Crippen MR) is 101 cm³/mol. The zero-order valence-corrected chi connectivity index (χ0v) is 18.8. The minimum atomic E-state index is -7.83. The summed E-state index contributed by atoms with van der Waals surface area (Å²) in [4.78, 5) is 24.7. The van der Waals surface area contributed by atoms with Gasteiger partial charge in [0.1, 0.15) is 5.00 Å². The van der Waals surface area contributed by atoms with E-state index in [-0.39, 0.29) is 31.4 Å². The van der Waals surface area contributed by atoms with Gasteiger partial charge in [0, 0.05) is 4.88 Å². The van der Waals surface area contributed by atoms with Crippen LogP contribution in [0.15, 0.2) is 0 Å². The third kappa shape index (κ3) is 4.62. The number of ether oxygens (including phenoxy) is 1. The van der Waals surface area contributed by atoms with Gasteiger partial charge in [0.2, 0.25) is 0 Å². The van der Waals surface area contributed by atoms with Crippen molar-refractivity contribution in [3.63, 3.8) is 0 Å². The van der Waals surface area contributed by atoms with E-state index < -0.39 is 58.5 Å². The molecule has 0 saturated heterocycles. The molecule has 36 heavy (non-hydrogen) atoms. The SMILES string of the molecule is CCCOC(=O)c1c(NC(=O)C(F)(F)C(F)(F)C(F)(F)C(F)(F)C(F)(F)C(F)F)sc2c1CCCC2. The first kappa shape index (κ1) is 30.0. The Bertz CT molecular complexity index is 993. The van der Waals surface area contributed by atoms with Gasteiger partial charge in [-0.25, -0.2) is 13.6 Å². The van der Waals surface area contributed by atoms with Crippen molar-refractivity contribution >= 4 is 28.2 Å². The lowest BCUT2D eigenvalue weighted by Crippen LogP contribution is -2.70. The number of esters is 1. The Morgan fingerprint density at radius 1 is 0.917 bits per heavy atom. The number of nitrogens with one attached hydrogen (secondary N) is 1. The molecular formula is C19H17F12NO3S. The van der Waals surface area contributed by atoms with Crippen LogP contribution in [-0.4, -0.2) is 54.5 Å². The van der Waals surface area contributed by atoms with Crippen molar-refractivity contribution in [3.8, 4) is 0 Å². The number of amides is 1. The number of alkyl halides is 12. The molecule has 0 radical (unpaired) electrons. The molecule has 0 spiro atoms. The summed E-state index contributed by atoms with van der Waals surface area (Å²) in [7, 11) is 0. The van der Waals surface area contributed by atoms with Crippen LogP contribution in [0.5, 0.6) is 0 Å². The zero-order valence-electron chi connectivity index (χ0n) is 18.0. The van der Waals surface area contributed by atoms with E-state index in [0.29, 0.717) is 29.1 Å². The topological polar surface area (TPSA) is 55.4 Å². The first-order chi connectivity index (χ1) is 16.3. The molecule has 2 rings (SSSR count). The molecule has 1 aromatic heterocycles. The minimum absolute atomic E-state index is 0.165. The van der Waals surface area contributed by atoms with Crippen LogP contribution in [0, 0.1) is 0 Å². The molecule has 1 aliphatic carbocycles. The molecule has 4 nitrogen and oxygen atoms in total. The second kappa shape index (κ2) is 9.93. The maximum atomic E-state index is 14.2. The molecule has 1 aliphatic rings. The second-order valence-electron chi connectivity index (χ2n) is 7.73. The third-order valence-corrected chi connectivity index (χ3v) is 6.41. The lowest BCUT2D eigenvalue weighted by atomic mass is 9.93. The van der Waals surface area contributed by atoms with Gasteiger partial charge in [0.25, 0.3) is 0 Å². The molecule has 0 atom stereocenters. The van der Waals surface area contributed by atoms with E-state index >= 15 is 0 Å². The van der Waals surface area contributed by atoms with Gasteiger partial charge in [0.05, 0.1) is 12.2 Å². The number of carbonyl (C=O) groups excluding carboxylic acids is 2. The van der Waals surface area contributed by atoms with E-state index in [4.69, 9.17) is 4.74 Å². The molecular weight excluding hydrogens is 550 g/mol. The molecule has 0 aliphatic heterocycles. The van der Waals surface area contributed by atoms with Crippen molar-refractivity contribution in [2.75, 3.05) is 11.9 Å². The van der Waals surface area contributed by atoms with E-state index in [0.717, 1.165) is 5.32 Å². The van der Waals surface area contributed by atoms with Crippen LogP contribution in [0.2, 0.25) is 0 Å². The molecule has 1 aromatic rings. The van der Waals surface area contributed by atoms with Gasteiger partial charge in [-0.1, -0.05) is 6.92 Å². The Kier molecular flexibility index (Phi) is 8.28. The predicted octanol–water partition coefficient (Wildman–Crippen LogP) is 6.57. The van der Waals surface area contributed by atoms with E-state index in [1.165, 1.54) is 0 Å². The van der Waals surface area contributed by atoms with Gasteiger partial charge in [-0.3, -0.25) is 4.79 Å². The van der Waals surface area contributed by atoms with Crippen molar-refractivity contribution < 1.29 is 67.0 Å². The molecule has 1 heterocycles. The first-order valence-corrected chi connectivity index (χ1v) is 10.9. The first-order valence-electron chi connectivity index (χ1n) is 10.1. The number of thiophene rings is 1. The summed E-state index contributed by atoms with van der Waals surface area (Å²) in [6, 6.07) is 0. The molecule has 0 saturated carbocycles. The molecule has 0 fully saturated rings. The molecule has 206 valence electrons. The molecule has 17 heteroatoms. The van der Waals surface area contributed by atoms with Crippen molar-refractivity contribution in [3.05, 3.63) is 16.0 Å². The van der Waals surface area contributed by atoms with Crippen LogP contribution in [0.4, 0.5) is 57.7 Å². The van der Waals surface area contributed by atoms with E-state index in [1.54, 1.807) is 6.92 Å². The number of rotatable bonds is 10. The summed E-state index contributed by atoms with van der Waals surface area (Å²) < 4.78 is 166. The fraction of sp³-hybridized carbons (Fsp3) is 0.684. The summed E-state index contributed by atoms with van der Waals surface area (Å²) in [5, 5.41) is 0.241. The lowest BCUT2D eigenvalue weighted by Gasteiger charge is -2.38. The Morgan fingerprint density at radius 3 is 2.00 bits per heavy atom. The highest BCUT2D eigenvalue weighted by atomic mass is 32.1. The van der Waals surface area contributed by atoms with Gasteiger partial charge >= 0.3 is 47.9 Å². The molecule has 1 amide bonds. The number of hydrogen-bond donors (Lipinski definition) is 1. The standard InChI is InChI=1S/C19H17F12NO3S/c1-2-7-35-12(33)10-8-5-3-4-6-9(8)36-11(10)32-14(34)16(24,25)18(28,29)19(30,31)17(26,27)15(22,23)13(20)21/h13H,2-7H2,1H3,(H,32,34).